The zero-order valence-electron chi connectivity index (χ0n) is 8.86. The van der Waals surface area contributed by atoms with Gasteiger partial charge in [-0.1, -0.05) is 0 Å². The largest absolute Gasteiger partial charge is 0.370 e. The van der Waals surface area contributed by atoms with Gasteiger partial charge in [0.15, 0.2) is 5.96 Å². The molecule has 0 aliphatic heterocycles. The van der Waals surface area contributed by atoms with Crippen LogP contribution in [0.15, 0.2) is 23.2 Å². The van der Waals surface area contributed by atoms with Crippen LogP contribution in [0.25, 0.3) is 0 Å². The number of hydrogen-bond acceptors (Lipinski definition) is 1. The number of nitrogens with two attached hydrogens (primary N) is 2. The number of carbonyl (C=O) groups excluding carboxylic acids is 1. The molecule has 1 saturated carbocycles. The molecule has 1 aliphatic rings. The van der Waals surface area contributed by atoms with E-state index in [4.69, 9.17) is 11.5 Å². The van der Waals surface area contributed by atoms with Gasteiger partial charge in [0.1, 0.15) is 11.6 Å². The second-order valence-corrected chi connectivity index (χ2v) is 3.99. The van der Waals surface area contributed by atoms with Crippen molar-refractivity contribution in [3.63, 3.8) is 0 Å². The fourth-order valence-corrected chi connectivity index (χ4v) is 1.82. The van der Waals surface area contributed by atoms with Crippen molar-refractivity contribution in [1.82, 2.24) is 0 Å². The molecule has 0 spiro atoms. The monoisotopic (exact) mass is 239 g/mol. The topological polar surface area (TPSA) is 81.5 Å². The van der Waals surface area contributed by atoms with Gasteiger partial charge in [-0.3, -0.25) is 4.79 Å². The summed E-state index contributed by atoms with van der Waals surface area (Å²) >= 11 is 0. The number of nitrogens with zero attached hydrogens (tertiary/aromatic N) is 1. The van der Waals surface area contributed by atoms with Crippen molar-refractivity contribution in [2.75, 3.05) is 0 Å². The van der Waals surface area contributed by atoms with E-state index in [9.17, 15) is 13.6 Å². The molecular formula is C11H11F2N3O. The van der Waals surface area contributed by atoms with Crippen LogP contribution in [0.5, 0.6) is 0 Å². The normalized spacial score (nSPS) is 22.0. The Morgan fingerprint density at radius 3 is 2.71 bits per heavy atom. The number of hydrogen-bond donors (Lipinski definition) is 2. The van der Waals surface area contributed by atoms with E-state index in [1.807, 2.05) is 0 Å². The molecule has 0 aromatic heterocycles. The predicted octanol–water partition coefficient (Wildman–Crippen LogP) is 0.868. The fourth-order valence-electron chi connectivity index (χ4n) is 1.82. The van der Waals surface area contributed by atoms with E-state index in [2.05, 4.69) is 4.99 Å². The lowest BCUT2D eigenvalue weighted by molar-refractivity contribution is -0.119. The number of benzene rings is 1. The molecule has 90 valence electrons. The molecule has 0 radical (unpaired) electrons. The van der Waals surface area contributed by atoms with Gasteiger partial charge in [0.2, 0.25) is 0 Å². The molecule has 17 heavy (non-hydrogen) atoms. The average Bonchev–Trinajstić information content (AvgIpc) is 3.00. The van der Waals surface area contributed by atoms with Crippen LogP contribution in [0.1, 0.15) is 17.9 Å². The zero-order chi connectivity index (χ0) is 12.6. The molecule has 1 aromatic rings. The van der Waals surface area contributed by atoms with Gasteiger partial charge in [0, 0.05) is 5.92 Å². The Kier molecular flexibility index (Phi) is 2.79. The van der Waals surface area contributed by atoms with Crippen LogP contribution < -0.4 is 11.5 Å². The molecule has 2 atom stereocenters. The zero-order valence-corrected chi connectivity index (χ0v) is 8.86. The van der Waals surface area contributed by atoms with Crippen molar-refractivity contribution in [2.45, 2.75) is 12.3 Å². The van der Waals surface area contributed by atoms with Gasteiger partial charge in [0.05, 0.1) is 0 Å². The first-order chi connectivity index (χ1) is 7.99. The fraction of sp³-hybridized carbons (Fsp3) is 0.273. The first kappa shape index (κ1) is 11.5. The van der Waals surface area contributed by atoms with E-state index in [0.29, 0.717) is 6.42 Å². The Morgan fingerprint density at radius 2 is 2.06 bits per heavy atom. The minimum absolute atomic E-state index is 0.203. The Morgan fingerprint density at radius 1 is 1.35 bits per heavy atom. The van der Waals surface area contributed by atoms with Crippen LogP contribution in [0.4, 0.5) is 8.78 Å². The summed E-state index contributed by atoms with van der Waals surface area (Å²) in [7, 11) is 0. The van der Waals surface area contributed by atoms with Gasteiger partial charge >= 0.3 is 0 Å². The Labute approximate surface area is 96.3 Å². The summed E-state index contributed by atoms with van der Waals surface area (Å²) in [5.41, 5.74) is 10.3. The molecule has 2 unspecified atom stereocenters. The van der Waals surface area contributed by atoms with Crippen LogP contribution in [0.3, 0.4) is 0 Å². The minimum atomic E-state index is -0.527. The first-order valence-electron chi connectivity index (χ1n) is 5.07. The van der Waals surface area contributed by atoms with E-state index in [1.165, 1.54) is 0 Å². The summed E-state index contributed by atoms with van der Waals surface area (Å²) in [6, 6.07) is 3.18. The summed E-state index contributed by atoms with van der Waals surface area (Å²) in [6.45, 7) is 0. The summed E-state index contributed by atoms with van der Waals surface area (Å²) in [5, 5.41) is 0. The molecule has 0 saturated heterocycles. The molecule has 0 bridgehead atoms. The number of aliphatic imine (C=N–C) groups is 1. The van der Waals surface area contributed by atoms with Crippen molar-refractivity contribution in [1.29, 1.82) is 0 Å². The average molecular weight is 239 g/mol. The maximum absolute atomic E-state index is 13.4. The molecule has 1 aromatic carbocycles. The minimum Gasteiger partial charge on any atom is -0.370 e. The van der Waals surface area contributed by atoms with E-state index in [0.717, 1.165) is 18.2 Å². The first-order valence-corrected chi connectivity index (χ1v) is 5.07. The third-order valence-corrected chi connectivity index (χ3v) is 2.70. The summed E-state index contributed by atoms with van der Waals surface area (Å²) < 4.78 is 26.4. The van der Waals surface area contributed by atoms with E-state index >= 15 is 0 Å². The lowest BCUT2D eigenvalue weighted by Gasteiger charge is -2.01. The van der Waals surface area contributed by atoms with Gasteiger partial charge in [-0.25, -0.2) is 8.78 Å². The Hall–Kier alpha value is -1.98. The molecule has 4 N–H and O–H groups in total. The molecule has 1 fully saturated rings. The lowest BCUT2D eigenvalue weighted by Crippen LogP contribution is -2.24. The van der Waals surface area contributed by atoms with Crippen molar-refractivity contribution in [3.8, 4) is 0 Å². The highest BCUT2D eigenvalue weighted by molar-refractivity contribution is 5.94. The SMILES string of the molecule is NC(N)=NC(=O)C1CC1c1cc(F)ccc1F. The predicted molar refractivity (Wildman–Crippen MR) is 58.0 cm³/mol. The maximum atomic E-state index is 13.4. The van der Waals surface area contributed by atoms with Gasteiger partial charge in [0.25, 0.3) is 5.91 Å². The van der Waals surface area contributed by atoms with Crippen molar-refractivity contribution < 1.29 is 13.6 Å². The quantitative estimate of drug-likeness (QED) is 0.593. The number of amides is 1. The van der Waals surface area contributed by atoms with Gasteiger partial charge < -0.3 is 11.5 Å². The summed E-state index contributed by atoms with van der Waals surface area (Å²) in [6.07, 6.45) is 0.440. The van der Waals surface area contributed by atoms with Gasteiger partial charge in [-0.15, -0.1) is 0 Å². The molecular weight excluding hydrogens is 228 g/mol. The highest BCUT2D eigenvalue weighted by Gasteiger charge is 2.45. The Balaban J connectivity index is 2.15. The second-order valence-electron chi connectivity index (χ2n) is 3.99. The molecule has 6 heteroatoms. The van der Waals surface area contributed by atoms with Crippen molar-refractivity contribution in [3.05, 3.63) is 35.4 Å². The summed E-state index contributed by atoms with van der Waals surface area (Å²) in [4.78, 5) is 14.8. The molecule has 1 amide bonds. The van der Waals surface area contributed by atoms with Crippen molar-refractivity contribution >= 4 is 11.9 Å². The highest BCUT2D eigenvalue weighted by Crippen LogP contribution is 2.49. The van der Waals surface area contributed by atoms with Crippen LogP contribution in [0, 0.1) is 17.6 Å². The lowest BCUT2D eigenvalue weighted by atomic mass is 10.1. The molecule has 4 nitrogen and oxygen atoms in total. The standard InChI is InChI=1S/C11H11F2N3O/c12-5-1-2-9(13)7(3-5)6-4-8(6)10(17)16-11(14)15/h1-3,6,8H,4H2,(H4,14,15,16,17). The van der Waals surface area contributed by atoms with Crippen LogP contribution in [-0.2, 0) is 4.79 Å². The highest BCUT2D eigenvalue weighted by atomic mass is 19.1. The number of carbonyl (C=O) groups is 1. The molecule has 2 rings (SSSR count). The third-order valence-electron chi connectivity index (χ3n) is 2.70. The number of halogens is 2. The summed E-state index contributed by atoms with van der Waals surface area (Å²) in [5.74, 6) is -2.63. The van der Waals surface area contributed by atoms with E-state index < -0.39 is 23.5 Å². The van der Waals surface area contributed by atoms with Crippen LogP contribution in [0.2, 0.25) is 0 Å². The van der Waals surface area contributed by atoms with E-state index in [-0.39, 0.29) is 17.4 Å². The number of rotatable bonds is 2. The van der Waals surface area contributed by atoms with Crippen molar-refractivity contribution in [2.24, 2.45) is 22.4 Å². The third kappa shape index (κ3) is 2.41. The molecule has 0 heterocycles. The smallest absolute Gasteiger partial charge is 0.252 e. The molecule has 1 aliphatic carbocycles. The Bertz CT molecular complexity index is 497. The number of guanidine groups is 1. The van der Waals surface area contributed by atoms with Crippen LogP contribution in [-0.4, -0.2) is 11.9 Å². The van der Waals surface area contributed by atoms with Crippen LogP contribution >= 0.6 is 0 Å². The van der Waals surface area contributed by atoms with Gasteiger partial charge in [-0.2, -0.15) is 4.99 Å². The second kappa shape index (κ2) is 4.12. The maximum Gasteiger partial charge on any atom is 0.252 e. The van der Waals surface area contributed by atoms with Gasteiger partial charge in [-0.05, 0) is 36.1 Å². The van der Waals surface area contributed by atoms with E-state index in [1.54, 1.807) is 0 Å².